The summed E-state index contributed by atoms with van der Waals surface area (Å²) < 4.78 is 29.7. The van der Waals surface area contributed by atoms with Gasteiger partial charge in [0.15, 0.2) is 0 Å². The van der Waals surface area contributed by atoms with Crippen LogP contribution in [0.5, 0.6) is 0 Å². The molecular weight excluding hydrogens is 342 g/mol. The number of anilines is 1. The molecule has 2 nitrogen and oxygen atoms in total. The van der Waals surface area contributed by atoms with Gasteiger partial charge in [-0.15, -0.1) is 6.58 Å². The van der Waals surface area contributed by atoms with Crippen LogP contribution < -0.4 is 10.2 Å². The van der Waals surface area contributed by atoms with Gasteiger partial charge < -0.3 is 10.2 Å². The Morgan fingerprint density at radius 3 is 2.30 bits per heavy atom. The number of hydrogen-bond donors (Lipinski definition) is 1. The molecule has 1 heterocycles. The second-order valence-electron chi connectivity index (χ2n) is 8.25. The maximum Gasteiger partial charge on any atom is 0.131 e. The van der Waals surface area contributed by atoms with Gasteiger partial charge >= 0.3 is 0 Å². The average molecular weight is 375 g/mol. The van der Waals surface area contributed by atoms with Gasteiger partial charge in [0.05, 0.1) is 0 Å². The van der Waals surface area contributed by atoms with Crippen molar-refractivity contribution in [1.29, 1.82) is 0 Å². The molecule has 2 aliphatic rings. The van der Waals surface area contributed by atoms with E-state index >= 15 is 0 Å². The average Bonchev–Trinajstić information content (AvgIpc) is 3.11. The number of halogens is 2. The first-order valence-electron chi connectivity index (χ1n) is 10.2. The SMILES string of the molecule is C=CC(CCC(=C)NC)c1c(F)cc(N2CCC3(CCCC3)CC2)cc1F. The maximum absolute atomic E-state index is 14.9. The summed E-state index contributed by atoms with van der Waals surface area (Å²) in [5, 5.41) is 2.97. The molecule has 1 unspecified atom stereocenters. The van der Waals surface area contributed by atoms with Crippen LogP contribution in [0.25, 0.3) is 0 Å². The fourth-order valence-electron chi connectivity index (χ4n) is 4.81. The van der Waals surface area contributed by atoms with Crippen LogP contribution in [-0.2, 0) is 0 Å². The number of hydrogen-bond acceptors (Lipinski definition) is 2. The molecule has 1 aromatic carbocycles. The summed E-state index contributed by atoms with van der Waals surface area (Å²) in [5.74, 6) is -1.29. The van der Waals surface area contributed by atoms with Crippen molar-refractivity contribution in [3.8, 4) is 0 Å². The van der Waals surface area contributed by atoms with E-state index in [0.29, 0.717) is 23.9 Å². The lowest BCUT2D eigenvalue weighted by molar-refractivity contribution is 0.226. The Kier molecular flexibility index (Phi) is 6.23. The molecule has 148 valence electrons. The van der Waals surface area contributed by atoms with Gasteiger partial charge in [0.25, 0.3) is 0 Å². The summed E-state index contributed by atoms with van der Waals surface area (Å²) in [6.07, 6.45) is 10.5. The van der Waals surface area contributed by atoms with Gasteiger partial charge in [-0.25, -0.2) is 8.78 Å². The molecule has 0 aromatic heterocycles. The Labute approximate surface area is 162 Å². The second-order valence-corrected chi connectivity index (χ2v) is 8.25. The first-order chi connectivity index (χ1) is 13.0. The van der Waals surface area contributed by atoms with Crippen LogP contribution in [0.3, 0.4) is 0 Å². The molecule has 1 atom stereocenters. The molecule has 1 aliphatic heterocycles. The van der Waals surface area contributed by atoms with Crippen LogP contribution in [0.1, 0.15) is 62.8 Å². The summed E-state index contributed by atoms with van der Waals surface area (Å²) >= 11 is 0. The maximum atomic E-state index is 14.9. The highest BCUT2D eigenvalue weighted by molar-refractivity contribution is 5.50. The van der Waals surface area contributed by atoms with Crippen molar-refractivity contribution < 1.29 is 8.78 Å². The molecule has 3 rings (SSSR count). The van der Waals surface area contributed by atoms with Gasteiger partial charge in [0.1, 0.15) is 11.6 Å². The molecule has 4 heteroatoms. The number of benzene rings is 1. The molecule has 0 amide bonds. The van der Waals surface area contributed by atoms with Crippen LogP contribution in [0, 0.1) is 17.0 Å². The van der Waals surface area contributed by atoms with E-state index in [1.54, 1.807) is 13.1 Å². The molecule has 27 heavy (non-hydrogen) atoms. The number of piperidine rings is 1. The van der Waals surface area contributed by atoms with E-state index in [1.165, 1.54) is 37.8 Å². The Morgan fingerprint density at radius 2 is 1.78 bits per heavy atom. The van der Waals surface area contributed by atoms with E-state index in [-0.39, 0.29) is 11.5 Å². The van der Waals surface area contributed by atoms with Crippen LogP contribution in [0.15, 0.2) is 37.1 Å². The Morgan fingerprint density at radius 1 is 1.19 bits per heavy atom. The van der Waals surface area contributed by atoms with Crippen molar-refractivity contribution in [3.05, 3.63) is 54.3 Å². The minimum Gasteiger partial charge on any atom is -0.392 e. The molecule has 1 aromatic rings. The van der Waals surface area contributed by atoms with E-state index in [4.69, 9.17) is 0 Å². The van der Waals surface area contributed by atoms with Crippen molar-refractivity contribution in [2.75, 3.05) is 25.0 Å². The zero-order valence-electron chi connectivity index (χ0n) is 16.5. The van der Waals surface area contributed by atoms with E-state index in [1.807, 2.05) is 0 Å². The van der Waals surface area contributed by atoms with Gasteiger partial charge in [-0.1, -0.05) is 25.5 Å². The monoisotopic (exact) mass is 374 g/mol. The number of rotatable bonds is 7. The third kappa shape index (κ3) is 4.36. The van der Waals surface area contributed by atoms with Crippen molar-refractivity contribution in [2.24, 2.45) is 5.41 Å². The number of allylic oxidation sites excluding steroid dienone is 2. The van der Waals surface area contributed by atoms with Gasteiger partial charge in [-0.2, -0.15) is 0 Å². The van der Waals surface area contributed by atoms with Crippen LogP contribution in [0.2, 0.25) is 0 Å². The number of nitrogens with one attached hydrogen (secondary N) is 1. The molecule has 0 radical (unpaired) electrons. The first kappa shape index (κ1) is 19.9. The smallest absolute Gasteiger partial charge is 0.131 e. The van der Waals surface area contributed by atoms with Crippen LogP contribution in [0.4, 0.5) is 14.5 Å². The Hall–Kier alpha value is -1.84. The second kappa shape index (κ2) is 8.45. The van der Waals surface area contributed by atoms with Crippen LogP contribution in [-0.4, -0.2) is 20.1 Å². The minimum absolute atomic E-state index is 0.127. The molecule has 1 N–H and O–H groups in total. The van der Waals surface area contributed by atoms with Gasteiger partial charge in [0, 0.05) is 43.0 Å². The molecule has 1 saturated heterocycles. The number of nitrogens with zero attached hydrogens (tertiary/aromatic N) is 1. The topological polar surface area (TPSA) is 15.3 Å². The minimum atomic E-state index is -0.467. The van der Waals surface area contributed by atoms with Crippen molar-refractivity contribution in [3.63, 3.8) is 0 Å². The van der Waals surface area contributed by atoms with E-state index < -0.39 is 11.6 Å². The summed E-state index contributed by atoms with van der Waals surface area (Å²) in [6.45, 7) is 9.45. The van der Waals surface area contributed by atoms with Crippen molar-refractivity contribution in [1.82, 2.24) is 5.32 Å². The largest absolute Gasteiger partial charge is 0.392 e. The predicted octanol–water partition coefficient (Wildman–Crippen LogP) is 5.91. The van der Waals surface area contributed by atoms with E-state index in [9.17, 15) is 8.78 Å². The fourth-order valence-corrected chi connectivity index (χ4v) is 4.81. The molecule has 2 fully saturated rings. The zero-order chi connectivity index (χ0) is 19.4. The predicted molar refractivity (Wildman–Crippen MR) is 109 cm³/mol. The normalized spacial score (nSPS) is 19.9. The standard InChI is InChI=1S/C23H32F2N2/c1-4-18(8-7-17(2)26-3)22-20(24)15-19(16-21(22)25)27-13-11-23(12-14-27)9-5-6-10-23/h4,15-16,18,26H,1-2,5-14H2,3H3. The third-order valence-electron chi connectivity index (χ3n) is 6.68. The van der Waals surface area contributed by atoms with Crippen LogP contribution >= 0.6 is 0 Å². The third-order valence-corrected chi connectivity index (χ3v) is 6.68. The van der Waals surface area contributed by atoms with Gasteiger partial charge in [-0.05, 0) is 56.1 Å². The van der Waals surface area contributed by atoms with Gasteiger partial charge in [0.2, 0.25) is 0 Å². The highest BCUT2D eigenvalue weighted by Crippen LogP contribution is 2.46. The Bertz CT molecular complexity index is 659. The lowest BCUT2D eigenvalue weighted by Gasteiger charge is -2.40. The quantitative estimate of drug-likeness (QED) is 0.597. The van der Waals surface area contributed by atoms with Crippen molar-refractivity contribution in [2.45, 2.75) is 57.3 Å². The van der Waals surface area contributed by atoms with Gasteiger partial charge in [-0.3, -0.25) is 0 Å². The molecule has 1 saturated carbocycles. The van der Waals surface area contributed by atoms with Crippen molar-refractivity contribution >= 4 is 5.69 Å². The summed E-state index contributed by atoms with van der Waals surface area (Å²) in [5.41, 5.74) is 2.15. The Balaban J connectivity index is 1.72. The lowest BCUT2D eigenvalue weighted by atomic mass is 9.77. The summed E-state index contributed by atoms with van der Waals surface area (Å²) in [4.78, 5) is 2.14. The summed E-state index contributed by atoms with van der Waals surface area (Å²) in [7, 11) is 1.80. The summed E-state index contributed by atoms with van der Waals surface area (Å²) in [6, 6.07) is 3.02. The van der Waals surface area contributed by atoms with E-state index in [2.05, 4.69) is 23.4 Å². The zero-order valence-corrected chi connectivity index (χ0v) is 16.5. The first-order valence-corrected chi connectivity index (χ1v) is 10.2. The molecule has 1 spiro atoms. The molecule has 0 bridgehead atoms. The highest BCUT2D eigenvalue weighted by atomic mass is 19.1. The highest BCUT2D eigenvalue weighted by Gasteiger charge is 2.37. The molecule has 1 aliphatic carbocycles. The lowest BCUT2D eigenvalue weighted by Crippen LogP contribution is -2.39. The van der Waals surface area contributed by atoms with E-state index in [0.717, 1.165) is 31.6 Å². The fraction of sp³-hybridized carbons (Fsp3) is 0.565. The molecular formula is C23H32F2N2.